The summed E-state index contributed by atoms with van der Waals surface area (Å²) in [4.78, 5) is 17.7. The molecule has 0 spiro atoms. The smallest absolute Gasteiger partial charge is 0.251 e. The van der Waals surface area contributed by atoms with Crippen molar-refractivity contribution < 1.29 is 4.79 Å². The second kappa shape index (κ2) is 6.65. The molecule has 3 aromatic rings. The molecule has 0 bridgehead atoms. The Labute approximate surface area is 131 Å². The van der Waals surface area contributed by atoms with Crippen LogP contribution in [0.5, 0.6) is 0 Å². The molecule has 1 amide bonds. The molecule has 2 aromatic heterocycles. The molecule has 2 heterocycles. The van der Waals surface area contributed by atoms with Gasteiger partial charge in [0.25, 0.3) is 5.91 Å². The molecule has 3 nitrogen and oxygen atoms in total. The summed E-state index contributed by atoms with van der Waals surface area (Å²) in [6, 6.07) is 13.4. The first-order valence-electron chi connectivity index (χ1n) is 6.64. The van der Waals surface area contributed by atoms with Crippen LogP contribution in [0.25, 0.3) is 10.6 Å². The SMILES string of the molecule is O=C(NCCc1nc(-c2cccs2)cs1)c1ccccc1. The number of thiophene rings is 1. The standard InChI is InChI=1S/C16H14N2OS2/c19-16(12-5-2-1-3-6-12)17-9-8-15-18-13(11-21-15)14-7-4-10-20-14/h1-7,10-11H,8-9H2,(H,17,19). The summed E-state index contributed by atoms with van der Waals surface area (Å²) in [5, 5.41) is 8.09. The van der Waals surface area contributed by atoms with Gasteiger partial charge in [-0.3, -0.25) is 4.79 Å². The number of nitrogens with one attached hydrogen (secondary N) is 1. The molecule has 0 radical (unpaired) electrons. The number of nitrogens with zero attached hydrogens (tertiary/aromatic N) is 1. The van der Waals surface area contributed by atoms with Crippen LogP contribution in [0.15, 0.2) is 53.2 Å². The minimum absolute atomic E-state index is 0.0364. The topological polar surface area (TPSA) is 42.0 Å². The largest absolute Gasteiger partial charge is 0.352 e. The van der Waals surface area contributed by atoms with Gasteiger partial charge in [-0.2, -0.15) is 0 Å². The van der Waals surface area contributed by atoms with Crippen molar-refractivity contribution in [1.29, 1.82) is 0 Å². The van der Waals surface area contributed by atoms with Gasteiger partial charge in [-0.05, 0) is 23.6 Å². The Hall–Kier alpha value is -1.98. The quantitative estimate of drug-likeness (QED) is 0.777. The van der Waals surface area contributed by atoms with Crippen LogP contribution in [0.2, 0.25) is 0 Å². The fourth-order valence-corrected chi connectivity index (χ4v) is 3.50. The van der Waals surface area contributed by atoms with Crippen molar-refractivity contribution in [2.24, 2.45) is 0 Å². The highest BCUT2D eigenvalue weighted by atomic mass is 32.1. The van der Waals surface area contributed by atoms with E-state index in [4.69, 9.17) is 0 Å². The van der Waals surface area contributed by atoms with E-state index in [1.165, 1.54) is 4.88 Å². The summed E-state index contributed by atoms with van der Waals surface area (Å²) in [5.74, 6) is -0.0364. The molecule has 0 aliphatic carbocycles. The first-order valence-corrected chi connectivity index (χ1v) is 8.40. The number of carbonyl (C=O) groups excluding carboxylic acids is 1. The summed E-state index contributed by atoms with van der Waals surface area (Å²) in [6.07, 6.45) is 0.759. The number of hydrogen-bond acceptors (Lipinski definition) is 4. The van der Waals surface area contributed by atoms with Gasteiger partial charge in [-0.15, -0.1) is 22.7 Å². The van der Waals surface area contributed by atoms with Crippen molar-refractivity contribution in [2.45, 2.75) is 6.42 Å². The van der Waals surface area contributed by atoms with Gasteiger partial charge in [0, 0.05) is 23.9 Å². The molecule has 1 aromatic carbocycles. The van der Waals surface area contributed by atoms with Crippen LogP contribution in [0.3, 0.4) is 0 Å². The maximum Gasteiger partial charge on any atom is 0.251 e. The van der Waals surface area contributed by atoms with Crippen LogP contribution in [-0.4, -0.2) is 17.4 Å². The normalized spacial score (nSPS) is 10.5. The molecule has 21 heavy (non-hydrogen) atoms. The van der Waals surface area contributed by atoms with Gasteiger partial charge in [0.05, 0.1) is 15.6 Å². The Morgan fingerprint density at radius 1 is 1.10 bits per heavy atom. The minimum atomic E-state index is -0.0364. The lowest BCUT2D eigenvalue weighted by atomic mass is 10.2. The molecule has 5 heteroatoms. The van der Waals surface area contributed by atoms with Crippen molar-refractivity contribution in [1.82, 2.24) is 10.3 Å². The lowest BCUT2D eigenvalue weighted by Crippen LogP contribution is -2.25. The van der Waals surface area contributed by atoms with Gasteiger partial charge in [-0.25, -0.2) is 4.98 Å². The number of rotatable bonds is 5. The summed E-state index contributed by atoms with van der Waals surface area (Å²) >= 11 is 3.33. The Morgan fingerprint density at radius 3 is 2.71 bits per heavy atom. The van der Waals surface area contributed by atoms with Crippen molar-refractivity contribution in [3.8, 4) is 10.6 Å². The second-order valence-corrected chi connectivity index (χ2v) is 6.37. The van der Waals surface area contributed by atoms with Crippen LogP contribution in [0.1, 0.15) is 15.4 Å². The zero-order chi connectivity index (χ0) is 14.5. The molecule has 0 fully saturated rings. The summed E-state index contributed by atoms with van der Waals surface area (Å²) in [6.45, 7) is 0.602. The predicted octanol–water partition coefficient (Wildman–Crippen LogP) is 3.84. The van der Waals surface area contributed by atoms with Gasteiger partial charge in [0.2, 0.25) is 0 Å². The van der Waals surface area contributed by atoms with E-state index in [-0.39, 0.29) is 5.91 Å². The van der Waals surface area contributed by atoms with Crippen LogP contribution < -0.4 is 5.32 Å². The molecule has 3 rings (SSSR count). The molecule has 0 unspecified atom stereocenters. The van der Waals surface area contributed by atoms with Crippen LogP contribution in [-0.2, 0) is 6.42 Å². The van der Waals surface area contributed by atoms with Gasteiger partial charge < -0.3 is 5.32 Å². The van der Waals surface area contributed by atoms with Crippen molar-refractivity contribution >= 4 is 28.6 Å². The highest BCUT2D eigenvalue weighted by molar-refractivity contribution is 7.14. The monoisotopic (exact) mass is 314 g/mol. The van der Waals surface area contributed by atoms with Gasteiger partial charge >= 0.3 is 0 Å². The third-order valence-electron chi connectivity index (χ3n) is 2.99. The summed E-state index contributed by atoms with van der Waals surface area (Å²) in [7, 11) is 0. The van der Waals surface area contributed by atoms with Crippen molar-refractivity contribution in [3.63, 3.8) is 0 Å². The van der Waals surface area contributed by atoms with Gasteiger partial charge in [0.1, 0.15) is 0 Å². The summed E-state index contributed by atoms with van der Waals surface area (Å²) in [5.41, 5.74) is 1.72. The van der Waals surface area contributed by atoms with E-state index in [2.05, 4.69) is 27.1 Å². The average molecular weight is 314 g/mol. The van der Waals surface area contributed by atoms with Gasteiger partial charge in [0.15, 0.2) is 0 Å². The lowest BCUT2D eigenvalue weighted by Gasteiger charge is -2.03. The Bertz CT molecular complexity index is 705. The van der Waals surface area contributed by atoms with E-state index in [9.17, 15) is 4.79 Å². The number of carbonyl (C=O) groups is 1. The molecular weight excluding hydrogens is 300 g/mol. The Kier molecular flexibility index (Phi) is 4.43. The van der Waals surface area contributed by atoms with Crippen LogP contribution in [0.4, 0.5) is 0 Å². The first-order chi connectivity index (χ1) is 10.3. The number of thiazole rings is 1. The van der Waals surface area contributed by atoms with Gasteiger partial charge in [-0.1, -0.05) is 24.3 Å². The minimum Gasteiger partial charge on any atom is -0.352 e. The van der Waals surface area contributed by atoms with E-state index >= 15 is 0 Å². The third-order valence-corrected chi connectivity index (χ3v) is 4.79. The van der Waals surface area contributed by atoms with E-state index in [1.807, 2.05) is 36.4 Å². The van der Waals surface area contributed by atoms with Crippen LogP contribution in [0, 0.1) is 0 Å². The van der Waals surface area contributed by atoms with E-state index in [1.54, 1.807) is 22.7 Å². The molecule has 0 aliphatic heterocycles. The zero-order valence-electron chi connectivity index (χ0n) is 11.3. The summed E-state index contributed by atoms with van der Waals surface area (Å²) < 4.78 is 0. The maximum absolute atomic E-state index is 11.9. The van der Waals surface area contributed by atoms with Crippen molar-refractivity contribution in [2.75, 3.05) is 6.54 Å². The third kappa shape index (κ3) is 3.56. The van der Waals surface area contributed by atoms with Crippen molar-refractivity contribution in [3.05, 3.63) is 63.8 Å². The highest BCUT2D eigenvalue weighted by Gasteiger charge is 2.07. The maximum atomic E-state index is 11.9. The second-order valence-electron chi connectivity index (χ2n) is 4.48. The number of amides is 1. The Balaban J connectivity index is 1.53. The number of aromatic nitrogens is 1. The number of hydrogen-bond donors (Lipinski definition) is 1. The number of benzene rings is 1. The van der Waals surface area contributed by atoms with E-state index in [0.29, 0.717) is 12.1 Å². The fourth-order valence-electron chi connectivity index (χ4n) is 1.94. The molecule has 106 valence electrons. The Morgan fingerprint density at radius 2 is 1.95 bits per heavy atom. The fraction of sp³-hybridized carbons (Fsp3) is 0.125. The lowest BCUT2D eigenvalue weighted by molar-refractivity contribution is 0.0954. The molecule has 0 aliphatic rings. The molecule has 0 saturated carbocycles. The predicted molar refractivity (Wildman–Crippen MR) is 87.9 cm³/mol. The van der Waals surface area contributed by atoms with E-state index < -0.39 is 0 Å². The zero-order valence-corrected chi connectivity index (χ0v) is 12.9. The highest BCUT2D eigenvalue weighted by Crippen LogP contribution is 2.26. The average Bonchev–Trinajstić information content (AvgIpc) is 3.19. The first kappa shape index (κ1) is 14.0. The molecular formula is C16H14N2OS2. The van der Waals surface area contributed by atoms with E-state index in [0.717, 1.165) is 17.1 Å². The molecule has 0 atom stereocenters. The molecule has 0 saturated heterocycles. The van der Waals surface area contributed by atoms with Crippen LogP contribution >= 0.6 is 22.7 Å². The molecule has 1 N–H and O–H groups in total.